The molecule has 0 unspecified atom stereocenters. The Morgan fingerprint density at radius 1 is 0.903 bits per heavy atom. The van der Waals surface area contributed by atoms with E-state index in [0.717, 1.165) is 42.7 Å². The molecule has 13 nitrogen and oxygen atoms in total. The summed E-state index contributed by atoms with van der Waals surface area (Å²) in [5.74, 6) is -0.702. The number of hydrogen-bond donors (Lipinski definition) is 7. The number of carbonyl (C=O) groups excluding carboxylic acids is 1. The van der Waals surface area contributed by atoms with Crippen LogP contribution in [0.4, 0.5) is 0 Å². The number of aromatic carboxylic acids is 1. The third kappa shape index (κ3) is 6.42. The second kappa shape index (κ2) is 16.7. The van der Waals surface area contributed by atoms with Gasteiger partial charge < -0.3 is 54.7 Å². The number of allylic oxidation sites excluding steroid dienone is 2. The summed E-state index contributed by atoms with van der Waals surface area (Å²) in [7, 11) is 0. The molecule has 7 saturated carbocycles. The molecule has 3 aliphatic heterocycles. The largest absolute Gasteiger partial charge is 0.507 e. The molecule has 2 aromatic rings. The van der Waals surface area contributed by atoms with Gasteiger partial charge in [0, 0.05) is 29.6 Å². The van der Waals surface area contributed by atoms with Crippen molar-refractivity contribution in [3.63, 3.8) is 0 Å². The number of ketones is 1. The molecule has 7 N–H and O–H groups in total. The highest BCUT2D eigenvalue weighted by molar-refractivity contribution is 6.11. The summed E-state index contributed by atoms with van der Waals surface area (Å²) in [6.07, 6.45) is 20.1. The number of phenolic OH excluding ortho intramolecular Hbond substituents is 2. The van der Waals surface area contributed by atoms with E-state index in [0.29, 0.717) is 48.2 Å². The highest BCUT2D eigenvalue weighted by atomic mass is 16.7. The number of hydrogen-bond acceptors (Lipinski definition) is 12. The van der Waals surface area contributed by atoms with E-state index in [9.17, 15) is 45.3 Å². The predicted octanol–water partition coefficient (Wildman–Crippen LogP) is 8.83. The first-order valence-corrected chi connectivity index (χ1v) is 27.9. The smallest absolute Gasteiger partial charge is 0.335 e. The lowest BCUT2D eigenvalue weighted by Crippen LogP contribution is -2.70. The average molecular weight is 993 g/mol. The molecule has 2 saturated heterocycles. The average Bonchev–Trinajstić information content (AvgIpc) is 4.18. The second-order valence-corrected chi connectivity index (χ2v) is 25.8. The minimum Gasteiger partial charge on any atom is -0.507 e. The number of carboxylic acids is 1. The van der Waals surface area contributed by atoms with Gasteiger partial charge in [0.1, 0.15) is 41.2 Å². The molecule has 13 rings (SSSR count). The van der Waals surface area contributed by atoms with E-state index >= 15 is 0 Å². The molecule has 13 heteroatoms. The van der Waals surface area contributed by atoms with Gasteiger partial charge in [0.15, 0.2) is 5.78 Å². The molecule has 0 aromatic heterocycles. The van der Waals surface area contributed by atoms with Crippen LogP contribution < -0.4 is 4.74 Å². The Morgan fingerprint density at radius 2 is 1.72 bits per heavy atom. The molecule has 9 fully saturated rings. The molecular weight excluding hydrogens is 917 g/mol. The van der Waals surface area contributed by atoms with Gasteiger partial charge in [0.2, 0.25) is 6.29 Å². The Kier molecular flexibility index (Phi) is 11.2. The third-order valence-electron chi connectivity index (χ3n) is 23.3. The van der Waals surface area contributed by atoms with Crippen molar-refractivity contribution in [2.45, 2.75) is 172 Å². The van der Waals surface area contributed by atoms with E-state index in [1.54, 1.807) is 0 Å². The molecule has 5 spiro atoms. The summed E-state index contributed by atoms with van der Waals surface area (Å²) in [4.78, 5) is 25.2. The molecule has 390 valence electrons. The van der Waals surface area contributed by atoms with Gasteiger partial charge in [-0.05, 0) is 215 Å². The number of Topliss-reactive ketones (excluding diaryl/α,β-unsaturated/α-hetero) is 1. The van der Waals surface area contributed by atoms with Crippen LogP contribution in [-0.4, -0.2) is 111 Å². The van der Waals surface area contributed by atoms with Crippen molar-refractivity contribution >= 4 is 22.5 Å². The summed E-state index contributed by atoms with van der Waals surface area (Å²) in [5, 5.41) is 79.7. The quantitative estimate of drug-likeness (QED) is 0.0975. The first kappa shape index (κ1) is 48.1. The van der Waals surface area contributed by atoms with Gasteiger partial charge in [0.25, 0.3) is 0 Å². The van der Waals surface area contributed by atoms with Gasteiger partial charge in [-0.15, -0.1) is 0 Å². The number of rotatable bonds is 8. The molecule has 2 bridgehead atoms. The van der Waals surface area contributed by atoms with E-state index in [-0.39, 0.29) is 81.4 Å². The number of benzene rings is 2. The number of fused-ring (bicyclic) bond motifs is 3. The van der Waals surface area contributed by atoms with Crippen molar-refractivity contribution in [3.8, 4) is 17.2 Å². The first-order valence-electron chi connectivity index (χ1n) is 27.9. The van der Waals surface area contributed by atoms with Gasteiger partial charge >= 0.3 is 5.97 Å². The Labute approximate surface area is 422 Å². The van der Waals surface area contributed by atoms with Crippen molar-refractivity contribution in [1.29, 1.82) is 0 Å². The number of carboxylic acid groups (broad SMARTS) is 1. The van der Waals surface area contributed by atoms with Crippen LogP contribution in [0, 0.1) is 69.5 Å². The van der Waals surface area contributed by atoms with Crippen LogP contribution in [0.5, 0.6) is 17.2 Å². The van der Waals surface area contributed by atoms with Crippen molar-refractivity contribution in [2.24, 2.45) is 62.6 Å². The van der Waals surface area contributed by atoms with Crippen molar-refractivity contribution in [3.05, 3.63) is 51.6 Å². The van der Waals surface area contributed by atoms with Gasteiger partial charge in [-0.1, -0.05) is 18.9 Å². The molecule has 8 aliphatic carbocycles. The van der Waals surface area contributed by atoms with E-state index in [1.165, 1.54) is 121 Å². The molecule has 0 amide bonds. The summed E-state index contributed by atoms with van der Waals surface area (Å²) < 4.78 is 26.7. The van der Waals surface area contributed by atoms with Crippen molar-refractivity contribution in [2.75, 3.05) is 33.0 Å². The Hall–Kier alpha value is -3.56. The van der Waals surface area contributed by atoms with Crippen LogP contribution in [-0.2, 0) is 14.2 Å². The second-order valence-electron chi connectivity index (χ2n) is 25.8. The fourth-order valence-corrected chi connectivity index (χ4v) is 20.8. The topological polar surface area (TPSA) is 213 Å². The summed E-state index contributed by atoms with van der Waals surface area (Å²) in [6.45, 7) is 3.67. The van der Waals surface area contributed by atoms with Crippen molar-refractivity contribution in [1.82, 2.24) is 0 Å². The molecule has 11 aliphatic rings. The zero-order valence-electron chi connectivity index (χ0n) is 42.3. The SMILES string of the molecule is CC(=O)c1c(C)c(O)c2cc(C(=O)O)cc(O[C@@H]3O[C@H](CO)[C@]4(C[C@@H]5C6=C(CC=C6[C@]6(CCCO)COC[C@H]7C[C@@]8(CC[C@@]9(CC[C@H]%10CCC[C@H]%11CCC[C@@]%11%12CC[C@]%109C%12)C8)C[C@@H]5[C@@H]76)CO4)[C@H](O)[C@H]3O)c2c1O. The van der Waals surface area contributed by atoms with Gasteiger partial charge in [-0.2, -0.15) is 0 Å². The molecule has 0 radical (unpaired) electrons. The molecular formula is C59H76O13. The van der Waals surface area contributed by atoms with E-state index in [4.69, 9.17) is 18.9 Å². The van der Waals surface area contributed by atoms with Crippen molar-refractivity contribution < 1.29 is 64.3 Å². The molecule has 16 atom stereocenters. The number of aliphatic hydroxyl groups excluding tert-OH is 4. The van der Waals surface area contributed by atoms with E-state index in [2.05, 4.69) is 6.08 Å². The van der Waals surface area contributed by atoms with Gasteiger partial charge in [-0.25, -0.2) is 4.79 Å². The lowest BCUT2D eigenvalue weighted by molar-refractivity contribution is -0.326. The maximum absolute atomic E-state index is 12.8. The van der Waals surface area contributed by atoms with E-state index in [1.807, 2.05) is 0 Å². The number of ether oxygens (including phenoxy) is 4. The maximum Gasteiger partial charge on any atom is 0.335 e. The first-order chi connectivity index (χ1) is 34.6. The molecule has 2 aromatic carbocycles. The van der Waals surface area contributed by atoms with Crippen LogP contribution in [0.25, 0.3) is 10.8 Å². The van der Waals surface area contributed by atoms with Crippen LogP contribution in [0.2, 0.25) is 0 Å². The van der Waals surface area contributed by atoms with E-state index < -0.39 is 60.1 Å². The minimum absolute atomic E-state index is 0.0593. The Bertz CT molecular complexity index is 2670. The highest BCUT2D eigenvalue weighted by Crippen LogP contribution is 2.81. The zero-order chi connectivity index (χ0) is 49.9. The summed E-state index contributed by atoms with van der Waals surface area (Å²) in [5.41, 5.74) is 2.95. The zero-order valence-corrected chi connectivity index (χ0v) is 42.3. The van der Waals surface area contributed by atoms with Crippen LogP contribution in [0.1, 0.15) is 162 Å². The molecule has 72 heavy (non-hydrogen) atoms. The van der Waals surface area contributed by atoms with Crippen LogP contribution in [0.15, 0.2) is 34.9 Å². The monoisotopic (exact) mass is 993 g/mol. The molecule has 3 heterocycles. The number of carbonyl (C=O) groups is 2. The highest BCUT2D eigenvalue weighted by Gasteiger charge is 2.72. The minimum atomic E-state index is -1.78. The van der Waals surface area contributed by atoms with Crippen LogP contribution >= 0.6 is 0 Å². The summed E-state index contributed by atoms with van der Waals surface area (Å²) >= 11 is 0. The number of aromatic hydroxyl groups is 2. The number of phenols is 2. The lowest BCUT2D eigenvalue weighted by Gasteiger charge is -2.64. The standard InChI is InChI=1S/C59H76O13/c1-31-44(32(2)62)49(64)46-38(48(31)63)20-34(52(67)68)21-42(46)71-53-50(65)51(66)59(43(25-61)72-53)24-39-40-23-54(22-35-26-69-30-57(47(35)40,13-5-19-60)41-10-9-33(27-70-59)45(39)41)15-17-56(28-54)14-11-37-7-3-6-36-8-4-12-55(36)16-18-58(37,56)29-55/h10,20-21,35-37,39-40,43,47,50-51,53,60-61,63-66H,3-9,11-19,22-30H2,1-2H3,(H,67,68)/t35-,36+,37-,39+,40+,43-,47-,50-,51-,53-,54+,55+,56+,57+,58+,59-/m1/s1. The third-order valence-corrected chi connectivity index (χ3v) is 23.3. The fourth-order valence-electron chi connectivity index (χ4n) is 20.8. The normalized spacial score (nSPS) is 44.6. The fraction of sp³-hybridized carbons (Fsp3) is 0.729. The predicted molar refractivity (Wildman–Crippen MR) is 265 cm³/mol. The Morgan fingerprint density at radius 3 is 2.51 bits per heavy atom. The summed E-state index contributed by atoms with van der Waals surface area (Å²) in [6, 6.07) is 2.29. The maximum atomic E-state index is 12.8. The lowest BCUT2D eigenvalue weighted by atomic mass is 9.42. The van der Waals surface area contributed by atoms with Gasteiger partial charge in [0.05, 0.1) is 36.3 Å². The Balaban J connectivity index is 0.867. The number of aliphatic hydroxyl groups is 4. The van der Waals surface area contributed by atoms with Crippen LogP contribution in [0.3, 0.4) is 0 Å². The van der Waals surface area contributed by atoms with Gasteiger partial charge in [-0.3, -0.25) is 4.79 Å².